The molecular formula is C19H26ClFN6S. The molecule has 4 rings (SSSR count). The van der Waals surface area contributed by atoms with Gasteiger partial charge in [0.15, 0.2) is 0 Å². The number of hydrogen-bond acceptors (Lipinski definition) is 7. The van der Waals surface area contributed by atoms with E-state index in [9.17, 15) is 4.39 Å². The Kier molecular flexibility index (Phi) is 5.85. The van der Waals surface area contributed by atoms with Crippen LogP contribution in [0.25, 0.3) is 0 Å². The fourth-order valence-corrected chi connectivity index (χ4v) is 5.28. The molecule has 2 atom stereocenters. The third kappa shape index (κ3) is 3.76. The molecule has 1 aromatic carbocycles. The first kappa shape index (κ1) is 20.0. The van der Waals surface area contributed by atoms with Crippen LogP contribution in [0.3, 0.4) is 0 Å². The van der Waals surface area contributed by atoms with Crippen molar-refractivity contribution < 1.29 is 4.39 Å². The number of rotatable bonds is 4. The highest BCUT2D eigenvalue weighted by atomic mass is 35.5. The third-order valence-corrected chi connectivity index (χ3v) is 6.96. The highest BCUT2D eigenvalue weighted by Gasteiger charge is 2.39. The minimum atomic E-state index is -0.452. The summed E-state index contributed by atoms with van der Waals surface area (Å²) in [5, 5.41) is 0.0659. The number of anilines is 1. The second kappa shape index (κ2) is 8.20. The molecule has 4 N–H and O–H groups in total. The van der Waals surface area contributed by atoms with Gasteiger partial charge in [0.1, 0.15) is 29.1 Å². The molecule has 0 amide bonds. The molecule has 3 aliphatic heterocycles. The summed E-state index contributed by atoms with van der Waals surface area (Å²) in [5.74, 6) is 1.15. The lowest BCUT2D eigenvalue weighted by Crippen LogP contribution is -2.48. The number of likely N-dealkylation sites (tertiary alicyclic amines) is 1. The van der Waals surface area contributed by atoms with Gasteiger partial charge in [0.25, 0.3) is 0 Å². The summed E-state index contributed by atoms with van der Waals surface area (Å²) in [5.41, 5.74) is 13.5. The van der Waals surface area contributed by atoms with Crippen molar-refractivity contribution >= 4 is 34.9 Å². The Bertz CT molecular complexity index is 810. The van der Waals surface area contributed by atoms with Crippen molar-refractivity contribution in [3.63, 3.8) is 0 Å². The van der Waals surface area contributed by atoms with Gasteiger partial charge < -0.3 is 26.2 Å². The summed E-state index contributed by atoms with van der Waals surface area (Å²) >= 11 is 7.51. The molecule has 6 nitrogen and oxygen atoms in total. The number of nitrogens with two attached hydrogens (primary N) is 2. The van der Waals surface area contributed by atoms with Gasteiger partial charge in [-0.05, 0) is 51.1 Å². The lowest BCUT2D eigenvalue weighted by atomic mass is 10.1. The van der Waals surface area contributed by atoms with Crippen molar-refractivity contribution in [3.05, 3.63) is 39.8 Å². The highest BCUT2D eigenvalue weighted by Crippen LogP contribution is 2.42. The molecule has 28 heavy (non-hydrogen) atoms. The van der Waals surface area contributed by atoms with E-state index in [2.05, 4.69) is 9.80 Å². The van der Waals surface area contributed by atoms with Crippen molar-refractivity contribution in [2.75, 3.05) is 31.1 Å². The first-order valence-electron chi connectivity index (χ1n) is 9.66. The van der Waals surface area contributed by atoms with Crippen LogP contribution in [-0.4, -0.2) is 53.5 Å². The highest BCUT2D eigenvalue weighted by molar-refractivity contribution is 8.03. The van der Waals surface area contributed by atoms with Crippen LogP contribution >= 0.6 is 23.4 Å². The lowest BCUT2D eigenvalue weighted by molar-refractivity contribution is 0.196. The monoisotopic (exact) mass is 424 g/mol. The van der Waals surface area contributed by atoms with Crippen LogP contribution in [0.2, 0.25) is 5.02 Å². The average molecular weight is 425 g/mol. The number of hydrogen-bond donors (Lipinski definition) is 2. The van der Waals surface area contributed by atoms with E-state index >= 15 is 0 Å². The maximum absolute atomic E-state index is 13.6. The molecule has 0 aromatic heterocycles. The molecule has 0 bridgehead atoms. The maximum Gasteiger partial charge on any atom is 0.145 e. The van der Waals surface area contributed by atoms with Crippen molar-refractivity contribution in [1.29, 1.82) is 0 Å². The third-order valence-electron chi connectivity index (χ3n) is 5.50. The fourth-order valence-electron chi connectivity index (χ4n) is 4.00. The summed E-state index contributed by atoms with van der Waals surface area (Å²) in [6.45, 7) is 6.02. The molecule has 0 aliphatic carbocycles. The molecule has 2 unspecified atom stereocenters. The summed E-state index contributed by atoms with van der Waals surface area (Å²) in [4.78, 5) is 12.3. The van der Waals surface area contributed by atoms with Gasteiger partial charge >= 0.3 is 0 Å². The predicted octanol–water partition coefficient (Wildman–Crippen LogP) is 2.95. The Morgan fingerprint density at radius 1 is 1.21 bits per heavy atom. The summed E-state index contributed by atoms with van der Waals surface area (Å²) < 4.78 is 13.6. The van der Waals surface area contributed by atoms with Crippen molar-refractivity contribution in [2.45, 2.75) is 37.8 Å². The number of halogens is 2. The van der Waals surface area contributed by atoms with Gasteiger partial charge in [-0.2, -0.15) is 0 Å². The van der Waals surface area contributed by atoms with Crippen molar-refractivity contribution in [2.24, 2.45) is 16.5 Å². The van der Waals surface area contributed by atoms with Crippen LogP contribution < -0.4 is 16.4 Å². The Labute approximate surface area is 174 Å². The van der Waals surface area contributed by atoms with Gasteiger partial charge in [-0.1, -0.05) is 29.8 Å². The molecule has 0 radical (unpaired) electrons. The van der Waals surface area contributed by atoms with E-state index in [0.717, 1.165) is 42.7 Å². The molecule has 1 saturated heterocycles. The average Bonchev–Trinajstić information content (AvgIpc) is 2.99. The van der Waals surface area contributed by atoms with Crippen LogP contribution in [0.15, 0.2) is 33.9 Å². The van der Waals surface area contributed by atoms with Gasteiger partial charge in [0.2, 0.25) is 0 Å². The van der Waals surface area contributed by atoms with Crippen LogP contribution in [0.4, 0.5) is 10.1 Å². The van der Waals surface area contributed by atoms with E-state index in [1.54, 1.807) is 23.9 Å². The standard InChI is InChI=1S/C19H26ClFN6S/c1-12-24-18-16(17(22)27(12)13-5-6-15(21)14(20)11-13)28-19(23)26(18)10-9-25-7-3-2-4-8-25/h5-6,11,17,19H,2-4,7-10,22-23H2,1H3. The SMILES string of the molecule is CC1=NC2=C(SC(N)N2CCN2CCCCC2)C(N)N1c1ccc(F)c(Cl)c1. The first-order valence-corrected chi connectivity index (χ1v) is 10.9. The number of aliphatic imine (C=N–C) groups is 1. The molecule has 1 aromatic rings. The second-order valence-corrected chi connectivity index (χ2v) is 8.93. The molecular weight excluding hydrogens is 399 g/mol. The predicted molar refractivity (Wildman–Crippen MR) is 115 cm³/mol. The smallest absolute Gasteiger partial charge is 0.145 e. The van der Waals surface area contributed by atoms with Crippen LogP contribution in [0.1, 0.15) is 26.2 Å². The van der Waals surface area contributed by atoms with Gasteiger partial charge in [-0.15, -0.1) is 0 Å². The van der Waals surface area contributed by atoms with Gasteiger partial charge in [0, 0.05) is 18.8 Å². The molecule has 3 aliphatic rings. The quantitative estimate of drug-likeness (QED) is 0.774. The summed E-state index contributed by atoms with van der Waals surface area (Å²) in [7, 11) is 0. The Morgan fingerprint density at radius 3 is 2.68 bits per heavy atom. The summed E-state index contributed by atoms with van der Waals surface area (Å²) in [6.07, 6.45) is 3.44. The Hall–Kier alpha value is -1.32. The number of benzene rings is 1. The topological polar surface area (TPSA) is 74.1 Å². The van der Waals surface area contributed by atoms with Crippen molar-refractivity contribution in [3.8, 4) is 0 Å². The van der Waals surface area contributed by atoms with E-state index in [1.165, 1.54) is 25.3 Å². The van der Waals surface area contributed by atoms with Crippen LogP contribution in [-0.2, 0) is 0 Å². The molecule has 3 heterocycles. The van der Waals surface area contributed by atoms with Crippen molar-refractivity contribution in [1.82, 2.24) is 9.80 Å². The number of nitrogens with zero attached hydrogens (tertiary/aromatic N) is 4. The van der Waals surface area contributed by atoms with E-state index in [-0.39, 0.29) is 10.5 Å². The van der Waals surface area contributed by atoms with Crippen LogP contribution in [0, 0.1) is 5.82 Å². The Morgan fingerprint density at radius 2 is 1.96 bits per heavy atom. The molecule has 152 valence electrons. The van der Waals surface area contributed by atoms with Gasteiger partial charge in [-0.3, -0.25) is 0 Å². The van der Waals surface area contributed by atoms with Crippen LogP contribution in [0.5, 0.6) is 0 Å². The Balaban J connectivity index is 1.53. The minimum absolute atomic E-state index is 0.0659. The maximum atomic E-state index is 13.6. The number of thioether (sulfide) groups is 1. The molecule has 9 heteroatoms. The molecule has 0 saturated carbocycles. The molecule has 1 fully saturated rings. The zero-order valence-electron chi connectivity index (χ0n) is 15.9. The van der Waals surface area contributed by atoms with E-state index in [0.29, 0.717) is 5.69 Å². The van der Waals surface area contributed by atoms with E-state index in [1.807, 2.05) is 11.8 Å². The number of piperidine rings is 1. The normalized spacial score (nSPS) is 26.0. The fraction of sp³-hybridized carbons (Fsp3) is 0.526. The summed E-state index contributed by atoms with van der Waals surface area (Å²) in [6, 6.07) is 4.59. The number of amidine groups is 1. The minimum Gasteiger partial charge on any atom is -0.330 e. The van der Waals surface area contributed by atoms with Gasteiger partial charge in [-0.25, -0.2) is 9.38 Å². The van der Waals surface area contributed by atoms with Gasteiger partial charge in [0.05, 0.1) is 9.93 Å². The molecule has 0 spiro atoms. The second-order valence-electron chi connectivity index (χ2n) is 7.36. The van der Waals surface area contributed by atoms with E-state index in [4.69, 9.17) is 28.1 Å². The zero-order chi connectivity index (χ0) is 19.8. The largest absolute Gasteiger partial charge is 0.330 e. The lowest BCUT2D eigenvalue weighted by Gasteiger charge is -2.35. The first-order chi connectivity index (χ1) is 13.5. The zero-order valence-corrected chi connectivity index (χ0v) is 17.5. The van der Waals surface area contributed by atoms with E-state index < -0.39 is 12.0 Å².